The summed E-state index contributed by atoms with van der Waals surface area (Å²) in [5.41, 5.74) is 0. The van der Waals surface area contributed by atoms with Crippen LogP contribution in [0.2, 0.25) is 0 Å². The number of aliphatic carboxylic acids is 1. The molecule has 0 unspecified atom stereocenters. The second-order valence-corrected chi connectivity index (χ2v) is 3.11. The number of carboxylic acid groups (broad SMARTS) is 2. The van der Waals surface area contributed by atoms with Crippen LogP contribution in [-0.4, -0.2) is 44.8 Å². The van der Waals surface area contributed by atoms with Gasteiger partial charge in [0.1, 0.15) is 6.04 Å². The SMILES string of the molecule is O=C(O)[C@H]1CSCN1C(=O)O. The van der Waals surface area contributed by atoms with Gasteiger partial charge >= 0.3 is 12.1 Å². The molecule has 0 radical (unpaired) electrons. The summed E-state index contributed by atoms with van der Waals surface area (Å²) >= 11 is 1.31. The van der Waals surface area contributed by atoms with Gasteiger partial charge in [-0.05, 0) is 0 Å². The monoisotopic (exact) mass is 177 g/mol. The van der Waals surface area contributed by atoms with E-state index >= 15 is 0 Å². The Bertz CT molecular complexity index is 175. The van der Waals surface area contributed by atoms with Crippen molar-refractivity contribution in [3.63, 3.8) is 0 Å². The zero-order chi connectivity index (χ0) is 8.43. The van der Waals surface area contributed by atoms with Crippen molar-refractivity contribution >= 4 is 23.8 Å². The minimum atomic E-state index is -1.16. The fourth-order valence-electron chi connectivity index (χ4n) is 0.836. The maximum absolute atomic E-state index is 10.4. The van der Waals surface area contributed by atoms with E-state index < -0.39 is 18.1 Å². The van der Waals surface area contributed by atoms with Crippen LogP contribution in [0.15, 0.2) is 0 Å². The molecule has 1 aliphatic heterocycles. The van der Waals surface area contributed by atoms with Gasteiger partial charge in [0.15, 0.2) is 0 Å². The van der Waals surface area contributed by atoms with E-state index in [0.29, 0.717) is 5.75 Å². The van der Waals surface area contributed by atoms with Crippen molar-refractivity contribution in [1.82, 2.24) is 4.90 Å². The molecule has 1 heterocycles. The third-order valence-electron chi connectivity index (χ3n) is 1.41. The first-order chi connectivity index (χ1) is 5.13. The van der Waals surface area contributed by atoms with Gasteiger partial charge in [-0.25, -0.2) is 9.59 Å². The Labute approximate surface area is 67.0 Å². The Balaban J connectivity index is 2.65. The minimum Gasteiger partial charge on any atom is -0.480 e. The molecular formula is C5H7NO4S. The smallest absolute Gasteiger partial charge is 0.408 e. The standard InChI is InChI=1S/C5H7NO4S/c7-4(8)3-1-11-2-6(3)5(9)10/h3H,1-2H2,(H,7,8)(H,9,10)/t3-/m1/s1. The molecule has 1 saturated heterocycles. The van der Waals surface area contributed by atoms with Crippen LogP contribution in [0.25, 0.3) is 0 Å². The van der Waals surface area contributed by atoms with Crippen molar-refractivity contribution in [3.05, 3.63) is 0 Å². The third-order valence-corrected chi connectivity index (χ3v) is 2.43. The lowest BCUT2D eigenvalue weighted by Crippen LogP contribution is -2.40. The maximum atomic E-state index is 10.4. The number of rotatable bonds is 1. The molecule has 0 aromatic carbocycles. The van der Waals surface area contributed by atoms with Crippen LogP contribution in [0.4, 0.5) is 4.79 Å². The van der Waals surface area contributed by atoms with Crippen LogP contribution in [0, 0.1) is 0 Å². The number of carboxylic acids is 1. The summed E-state index contributed by atoms with van der Waals surface area (Å²) in [7, 11) is 0. The topological polar surface area (TPSA) is 77.8 Å². The normalized spacial score (nSPS) is 23.6. The van der Waals surface area contributed by atoms with Gasteiger partial charge in [0.05, 0.1) is 5.88 Å². The molecule has 1 fully saturated rings. The van der Waals surface area contributed by atoms with Gasteiger partial charge in [-0.15, -0.1) is 11.8 Å². The number of carbonyl (C=O) groups is 2. The first kappa shape index (κ1) is 8.19. The molecule has 0 aromatic heterocycles. The van der Waals surface area contributed by atoms with Crippen molar-refractivity contribution in [3.8, 4) is 0 Å². The van der Waals surface area contributed by atoms with E-state index in [-0.39, 0.29) is 5.88 Å². The molecule has 2 N–H and O–H groups in total. The molecule has 1 amide bonds. The van der Waals surface area contributed by atoms with Crippen molar-refractivity contribution in [1.29, 1.82) is 0 Å². The summed E-state index contributed by atoms with van der Waals surface area (Å²) in [4.78, 5) is 21.7. The van der Waals surface area contributed by atoms with Crippen molar-refractivity contribution in [2.75, 3.05) is 11.6 Å². The summed E-state index contributed by atoms with van der Waals surface area (Å²) in [5, 5.41) is 17.0. The Hall–Kier alpha value is -0.910. The predicted octanol–water partition coefficient (Wildman–Crippen LogP) is 0.124. The zero-order valence-electron chi connectivity index (χ0n) is 5.56. The van der Waals surface area contributed by atoms with Gasteiger partial charge in [0.2, 0.25) is 0 Å². The molecule has 11 heavy (non-hydrogen) atoms. The molecule has 6 heteroatoms. The number of thioether (sulfide) groups is 1. The van der Waals surface area contributed by atoms with Crippen LogP contribution in [-0.2, 0) is 4.79 Å². The van der Waals surface area contributed by atoms with Gasteiger partial charge < -0.3 is 10.2 Å². The van der Waals surface area contributed by atoms with Gasteiger partial charge in [-0.2, -0.15) is 0 Å². The van der Waals surface area contributed by atoms with E-state index in [2.05, 4.69) is 0 Å². The van der Waals surface area contributed by atoms with Gasteiger partial charge in [0, 0.05) is 5.75 Å². The molecule has 0 bridgehead atoms. The molecule has 1 aliphatic rings. The van der Waals surface area contributed by atoms with Crippen LogP contribution in [0.3, 0.4) is 0 Å². The molecule has 5 nitrogen and oxygen atoms in total. The lowest BCUT2D eigenvalue weighted by molar-refractivity contribution is -0.141. The van der Waals surface area contributed by atoms with E-state index in [1.807, 2.05) is 0 Å². The van der Waals surface area contributed by atoms with Gasteiger partial charge in [0.25, 0.3) is 0 Å². The highest BCUT2D eigenvalue weighted by atomic mass is 32.2. The highest BCUT2D eigenvalue weighted by molar-refractivity contribution is 7.99. The first-order valence-electron chi connectivity index (χ1n) is 2.93. The second kappa shape index (κ2) is 3.00. The molecule has 1 atom stereocenters. The number of nitrogens with zero attached hydrogens (tertiary/aromatic N) is 1. The summed E-state index contributed by atoms with van der Waals surface area (Å²) in [6.45, 7) is 0. The third kappa shape index (κ3) is 1.56. The lowest BCUT2D eigenvalue weighted by Gasteiger charge is -2.15. The van der Waals surface area contributed by atoms with Gasteiger partial charge in [-0.3, -0.25) is 4.90 Å². The van der Waals surface area contributed by atoms with Crippen molar-refractivity contribution in [2.45, 2.75) is 6.04 Å². The molecule has 62 valence electrons. The van der Waals surface area contributed by atoms with Gasteiger partial charge in [-0.1, -0.05) is 0 Å². The number of amides is 1. The molecule has 0 saturated carbocycles. The Morgan fingerprint density at radius 1 is 1.45 bits per heavy atom. The Morgan fingerprint density at radius 3 is 2.45 bits per heavy atom. The van der Waals surface area contributed by atoms with Crippen LogP contribution in [0.5, 0.6) is 0 Å². The van der Waals surface area contributed by atoms with Crippen LogP contribution >= 0.6 is 11.8 Å². The average molecular weight is 177 g/mol. The first-order valence-corrected chi connectivity index (χ1v) is 4.08. The zero-order valence-corrected chi connectivity index (χ0v) is 6.37. The molecule has 1 rings (SSSR count). The number of hydrogen-bond donors (Lipinski definition) is 2. The van der Waals surface area contributed by atoms with Crippen LogP contribution < -0.4 is 0 Å². The largest absolute Gasteiger partial charge is 0.480 e. The molecule has 0 spiro atoms. The predicted molar refractivity (Wildman–Crippen MR) is 38.6 cm³/mol. The summed E-state index contributed by atoms with van der Waals surface area (Å²) in [6, 6.07) is -0.863. The maximum Gasteiger partial charge on any atom is 0.408 e. The van der Waals surface area contributed by atoms with E-state index in [9.17, 15) is 9.59 Å². The Kier molecular flexibility index (Phi) is 2.23. The van der Waals surface area contributed by atoms with Crippen molar-refractivity contribution < 1.29 is 19.8 Å². The summed E-state index contributed by atoms with van der Waals surface area (Å²) < 4.78 is 0. The fraction of sp³-hybridized carbons (Fsp3) is 0.600. The summed E-state index contributed by atoms with van der Waals surface area (Å²) in [5.74, 6) is -0.467. The van der Waals surface area contributed by atoms with E-state index in [0.717, 1.165) is 4.90 Å². The van der Waals surface area contributed by atoms with E-state index in [1.54, 1.807) is 0 Å². The molecule has 0 aromatic rings. The highest BCUT2D eigenvalue weighted by Gasteiger charge is 2.34. The average Bonchev–Trinajstić information content (AvgIpc) is 2.32. The molecular weight excluding hydrogens is 170 g/mol. The van der Waals surface area contributed by atoms with E-state index in [4.69, 9.17) is 10.2 Å². The van der Waals surface area contributed by atoms with Crippen molar-refractivity contribution in [2.24, 2.45) is 0 Å². The molecule has 0 aliphatic carbocycles. The Morgan fingerprint density at radius 2 is 2.09 bits per heavy atom. The quantitative estimate of drug-likeness (QED) is 0.595. The lowest BCUT2D eigenvalue weighted by atomic mass is 10.3. The fourth-order valence-corrected chi connectivity index (χ4v) is 1.97. The van der Waals surface area contributed by atoms with Crippen LogP contribution in [0.1, 0.15) is 0 Å². The van der Waals surface area contributed by atoms with E-state index in [1.165, 1.54) is 11.8 Å². The highest BCUT2D eigenvalue weighted by Crippen LogP contribution is 2.20. The summed E-state index contributed by atoms with van der Waals surface area (Å²) in [6.07, 6.45) is -1.16. The number of hydrogen-bond acceptors (Lipinski definition) is 3. The second-order valence-electron chi connectivity index (χ2n) is 2.11. The minimum absolute atomic E-state index is 0.256.